The third-order valence-electron chi connectivity index (χ3n) is 4.72. The van der Waals surface area contributed by atoms with Gasteiger partial charge in [0.15, 0.2) is 0 Å². The van der Waals surface area contributed by atoms with Gasteiger partial charge >= 0.3 is 0 Å². The number of piperidine rings is 1. The molecule has 0 saturated carbocycles. The van der Waals surface area contributed by atoms with E-state index in [4.69, 9.17) is 0 Å². The van der Waals surface area contributed by atoms with Crippen molar-refractivity contribution in [2.24, 2.45) is 5.92 Å². The van der Waals surface area contributed by atoms with Gasteiger partial charge in [-0.05, 0) is 38.6 Å². The Morgan fingerprint density at radius 3 is 3.00 bits per heavy atom. The van der Waals surface area contributed by atoms with Gasteiger partial charge in [-0.1, -0.05) is 0 Å². The van der Waals surface area contributed by atoms with Crippen LogP contribution in [0.25, 0.3) is 0 Å². The van der Waals surface area contributed by atoms with Crippen molar-refractivity contribution in [3.63, 3.8) is 0 Å². The number of likely N-dealkylation sites (N-methyl/N-ethyl adjacent to an activating group) is 1. The lowest BCUT2D eigenvalue weighted by atomic mass is 9.99. The van der Waals surface area contributed by atoms with Crippen LogP contribution in [0.2, 0.25) is 0 Å². The van der Waals surface area contributed by atoms with Gasteiger partial charge in [0.05, 0.1) is 6.54 Å². The van der Waals surface area contributed by atoms with Gasteiger partial charge in [0.2, 0.25) is 5.91 Å². The molecule has 0 N–H and O–H groups in total. The first kappa shape index (κ1) is 14.6. The molecule has 21 heavy (non-hydrogen) atoms. The van der Waals surface area contributed by atoms with Crippen molar-refractivity contribution in [1.82, 2.24) is 19.4 Å². The van der Waals surface area contributed by atoms with Crippen LogP contribution in [0.1, 0.15) is 31.5 Å². The van der Waals surface area contributed by atoms with E-state index in [-0.39, 0.29) is 0 Å². The Morgan fingerprint density at radius 2 is 2.19 bits per heavy atom. The zero-order chi connectivity index (χ0) is 14.7. The van der Waals surface area contributed by atoms with Gasteiger partial charge in [0.25, 0.3) is 0 Å². The lowest BCUT2D eigenvalue weighted by molar-refractivity contribution is -0.133. The van der Waals surface area contributed by atoms with Crippen LogP contribution in [0.5, 0.6) is 0 Å². The van der Waals surface area contributed by atoms with Crippen LogP contribution in [-0.2, 0) is 17.8 Å². The number of hydrogen-bond acceptors (Lipinski definition) is 3. The topological polar surface area (TPSA) is 41.4 Å². The third kappa shape index (κ3) is 3.64. The van der Waals surface area contributed by atoms with E-state index in [2.05, 4.69) is 27.7 Å². The Bertz CT molecular complexity index is 478. The largest absolute Gasteiger partial charge is 0.342 e. The van der Waals surface area contributed by atoms with Crippen LogP contribution in [0, 0.1) is 5.92 Å². The molecule has 1 amide bonds. The van der Waals surface area contributed by atoms with Crippen molar-refractivity contribution in [2.75, 3.05) is 33.2 Å². The Labute approximate surface area is 126 Å². The lowest BCUT2D eigenvalue weighted by Crippen LogP contribution is -2.43. The van der Waals surface area contributed by atoms with Gasteiger partial charge < -0.3 is 9.47 Å². The molecule has 116 valence electrons. The van der Waals surface area contributed by atoms with E-state index in [0.717, 1.165) is 32.6 Å². The van der Waals surface area contributed by atoms with Gasteiger partial charge in [-0.15, -0.1) is 0 Å². The molecule has 1 atom stereocenters. The van der Waals surface area contributed by atoms with Gasteiger partial charge in [-0.25, -0.2) is 4.98 Å². The van der Waals surface area contributed by atoms with Crippen molar-refractivity contribution < 1.29 is 4.79 Å². The molecule has 2 aliphatic rings. The molecular formula is C16H26N4O. The summed E-state index contributed by atoms with van der Waals surface area (Å²) in [5, 5.41) is 0. The zero-order valence-electron chi connectivity index (χ0n) is 13.0. The molecule has 2 aliphatic heterocycles. The van der Waals surface area contributed by atoms with Gasteiger partial charge in [0.1, 0.15) is 5.82 Å². The SMILES string of the molecule is CN(CC(=O)N1CCCCC1)C[C@@H]1CCc2nccn2C1. The van der Waals surface area contributed by atoms with Crippen LogP contribution >= 0.6 is 0 Å². The fourth-order valence-corrected chi connectivity index (χ4v) is 3.57. The number of hydrogen-bond donors (Lipinski definition) is 0. The summed E-state index contributed by atoms with van der Waals surface area (Å²) < 4.78 is 2.26. The van der Waals surface area contributed by atoms with E-state index in [1.165, 1.54) is 31.5 Å². The highest BCUT2D eigenvalue weighted by Crippen LogP contribution is 2.19. The average Bonchev–Trinajstić information content (AvgIpc) is 2.95. The standard InChI is InChI=1S/C16H26N4O/c1-18(13-16(21)19-8-3-2-4-9-19)11-14-5-6-15-17-7-10-20(15)12-14/h7,10,14H,2-6,8-9,11-13H2,1H3/t14-/m0/s1. The lowest BCUT2D eigenvalue weighted by Gasteiger charge is -2.31. The Kier molecular flexibility index (Phi) is 4.58. The van der Waals surface area contributed by atoms with Crippen LogP contribution < -0.4 is 0 Å². The molecule has 1 saturated heterocycles. The number of nitrogens with zero attached hydrogens (tertiary/aromatic N) is 4. The number of likely N-dealkylation sites (tertiary alicyclic amines) is 1. The van der Waals surface area contributed by atoms with E-state index in [0.29, 0.717) is 18.4 Å². The molecule has 1 fully saturated rings. The fourth-order valence-electron chi connectivity index (χ4n) is 3.57. The molecule has 5 heteroatoms. The summed E-state index contributed by atoms with van der Waals surface area (Å²) in [6.45, 7) is 4.51. The maximum Gasteiger partial charge on any atom is 0.236 e. The molecule has 0 spiro atoms. The summed E-state index contributed by atoms with van der Waals surface area (Å²) in [6.07, 6.45) is 9.81. The van der Waals surface area contributed by atoms with E-state index < -0.39 is 0 Å². The van der Waals surface area contributed by atoms with E-state index in [1.54, 1.807) is 0 Å². The van der Waals surface area contributed by atoms with Crippen molar-refractivity contribution in [3.05, 3.63) is 18.2 Å². The number of aromatic nitrogens is 2. The van der Waals surface area contributed by atoms with Crippen molar-refractivity contribution in [2.45, 2.75) is 38.6 Å². The van der Waals surface area contributed by atoms with Crippen molar-refractivity contribution >= 4 is 5.91 Å². The number of amides is 1. The minimum Gasteiger partial charge on any atom is -0.342 e. The van der Waals surface area contributed by atoms with Crippen LogP contribution in [0.3, 0.4) is 0 Å². The summed E-state index contributed by atoms with van der Waals surface area (Å²) in [6, 6.07) is 0. The Morgan fingerprint density at radius 1 is 1.38 bits per heavy atom. The number of fused-ring (bicyclic) bond motifs is 1. The molecule has 0 aliphatic carbocycles. The summed E-state index contributed by atoms with van der Waals surface area (Å²) in [4.78, 5) is 20.9. The molecule has 3 heterocycles. The van der Waals surface area contributed by atoms with Gasteiger partial charge in [-0.2, -0.15) is 0 Å². The predicted molar refractivity (Wildman–Crippen MR) is 82.0 cm³/mol. The maximum atomic E-state index is 12.3. The molecule has 1 aromatic heterocycles. The van der Waals surface area contributed by atoms with E-state index >= 15 is 0 Å². The normalized spacial score (nSPS) is 22.4. The van der Waals surface area contributed by atoms with Crippen LogP contribution in [0.4, 0.5) is 0 Å². The summed E-state index contributed by atoms with van der Waals surface area (Å²) in [5.41, 5.74) is 0. The molecule has 3 rings (SSSR count). The molecule has 0 unspecified atom stereocenters. The highest BCUT2D eigenvalue weighted by Gasteiger charge is 2.22. The molecule has 1 aromatic rings. The first-order valence-corrected chi connectivity index (χ1v) is 8.18. The Hall–Kier alpha value is -1.36. The minimum atomic E-state index is 0.302. The van der Waals surface area contributed by atoms with Crippen molar-refractivity contribution in [3.8, 4) is 0 Å². The third-order valence-corrected chi connectivity index (χ3v) is 4.72. The second kappa shape index (κ2) is 6.60. The van der Waals surface area contributed by atoms with E-state index in [9.17, 15) is 4.79 Å². The highest BCUT2D eigenvalue weighted by molar-refractivity contribution is 5.78. The van der Waals surface area contributed by atoms with E-state index in [1.807, 2.05) is 11.1 Å². The van der Waals surface area contributed by atoms with Crippen molar-refractivity contribution in [1.29, 1.82) is 0 Å². The van der Waals surface area contributed by atoms with Crippen LogP contribution in [-0.4, -0.2) is 58.5 Å². The first-order chi connectivity index (χ1) is 10.2. The number of rotatable bonds is 4. The quantitative estimate of drug-likeness (QED) is 0.841. The molecule has 0 aromatic carbocycles. The molecule has 5 nitrogen and oxygen atoms in total. The van der Waals surface area contributed by atoms with Gasteiger partial charge in [0, 0.05) is 45.0 Å². The minimum absolute atomic E-state index is 0.302. The second-order valence-electron chi connectivity index (χ2n) is 6.54. The zero-order valence-corrected chi connectivity index (χ0v) is 13.0. The van der Waals surface area contributed by atoms with Crippen LogP contribution in [0.15, 0.2) is 12.4 Å². The highest BCUT2D eigenvalue weighted by atomic mass is 16.2. The monoisotopic (exact) mass is 290 g/mol. The molecular weight excluding hydrogens is 264 g/mol. The number of imidazole rings is 1. The number of aryl methyl sites for hydroxylation is 1. The smallest absolute Gasteiger partial charge is 0.236 e. The Balaban J connectivity index is 1.46. The molecule has 0 radical (unpaired) electrons. The summed E-state index contributed by atoms with van der Waals surface area (Å²) in [5.74, 6) is 2.14. The molecule has 0 bridgehead atoms. The average molecular weight is 290 g/mol. The number of carbonyl (C=O) groups excluding carboxylic acids is 1. The second-order valence-corrected chi connectivity index (χ2v) is 6.54. The van der Waals surface area contributed by atoms with Gasteiger partial charge in [-0.3, -0.25) is 9.69 Å². The fraction of sp³-hybridized carbons (Fsp3) is 0.750. The summed E-state index contributed by atoms with van der Waals surface area (Å²) >= 11 is 0. The first-order valence-electron chi connectivity index (χ1n) is 8.18. The number of carbonyl (C=O) groups is 1. The maximum absolute atomic E-state index is 12.3. The predicted octanol–water partition coefficient (Wildman–Crippen LogP) is 1.39. The summed E-state index contributed by atoms with van der Waals surface area (Å²) in [7, 11) is 2.07.